The van der Waals surface area contributed by atoms with Crippen molar-refractivity contribution in [1.82, 2.24) is 5.32 Å². The van der Waals surface area contributed by atoms with E-state index in [2.05, 4.69) is 25.2 Å². The van der Waals surface area contributed by atoms with Gasteiger partial charge in [-0.3, -0.25) is 0 Å². The second kappa shape index (κ2) is 5.65. The summed E-state index contributed by atoms with van der Waals surface area (Å²) in [6.07, 6.45) is 5.01. The van der Waals surface area contributed by atoms with Crippen LogP contribution < -0.4 is 5.32 Å². The minimum atomic E-state index is 0.242. The van der Waals surface area contributed by atoms with Crippen molar-refractivity contribution in [2.75, 3.05) is 19.7 Å². The first kappa shape index (κ1) is 13.5. The van der Waals surface area contributed by atoms with E-state index in [1.807, 2.05) is 0 Å². The summed E-state index contributed by atoms with van der Waals surface area (Å²) in [5.74, 6) is 0. The molecule has 3 nitrogen and oxygen atoms in total. The molecule has 0 radical (unpaired) electrons. The van der Waals surface area contributed by atoms with Gasteiger partial charge in [0, 0.05) is 26.1 Å². The molecule has 1 rings (SSSR count). The predicted octanol–water partition coefficient (Wildman–Crippen LogP) is 2.07. The molecule has 1 saturated carbocycles. The molecule has 0 atom stereocenters. The zero-order valence-electron chi connectivity index (χ0n) is 10.6. The van der Waals surface area contributed by atoms with Gasteiger partial charge in [-0.05, 0) is 36.5 Å². The highest BCUT2D eigenvalue weighted by Gasteiger charge is 2.42. The van der Waals surface area contributed by atoms with E-state index in [1.54, 1.807) is 0 Å². The van der Waals surface area contributed by atoms with E-state index in [0.717, 1.165) is 25.9 Å². The first-order valence-electron chi connectivity index (χ1n) is 6.22. The van der Waals surface area contributed by atoms with Gasteiger partial charge in [0.2, 0.25) is 0 Å². The van der Waals surface area contributed by atoms with Gasteiger partial charge in [0.1, 0.15) is 0 Å². The molecule has 0 spiro atoms. The smallest absolute Gasteiger partial charge is 0.0628 e. The Morgan fingerprint density at radius 3 is 2.62 bits per heavy atom. The van der Waals surface area contributed by atoms with Crippen LogP contribution in [0.5, 0.6) is 0 Å². The number of aliphatic hydroxyl groups is 1. The molecular weight excluding hydrogens is 200 g/mol. The maximum absolute atomic E-state index is 8.81. The Hall–Kier alpha value is -0.590. The van der Waals surface area contributed by atoms with Crippen molar-refractivity contribution in [3.63, 3.8) is 0 Å². The van der Waals surface area contributed by atoms with Crippen LogP contribution in [0.15, 0.2) is 0 Å². The SMILES string of the molecule is CC(C)(CCCO)CNCC1(CC#N)CC1. The molecule has 1 aliphatic rings. The minimum absolute atomic E-state index is 0.242. The standard InChI is InChI=1S/C13H24N2O/c1-12(2,4-3-9-16)10-15-11-13(5-6-13)7-8-14/h15-16H,3-7,9-11H2,1-2H3. The van der Waals surface area contributed by atoms with Crippen LogP contribution in [0.2, 0.25) is 0 Å². The Kier molecular flexibility index (Phi) is 4.76. The molecule has 2 N–H and O–H groups in total. The number of hydrogen-bond donors (Lipinski definition) is 2. The highest BCUT2D eigenvalue weighted by atomic mass is 16.2. The van der Waals surface area contributed by atoms with Crippen LogP contribution in [0.3, 0.4) is 0 Å². The first-order valence-corrected chi connectivity index (χ1v) is 6.22. The molecular formula is C13H24N2O. The van der Waals surface area contributed by atoms with Crippen LogP contribution in [0.1, 0.15) is 46.0 Å². The minimum Gasteiger partial charge on any atom is -0.396 e. The van der Waals surface area contributed by atoms with E-state index >= 15 is 0 Å². The van der Waals surface area contributed by atoms with Crippen LogP contribution in [0.25, 0.3) is 0 Å². The maximum Gasteiger partial charge on any atom is 0.0628 e. The number of nitrogens with zero attached hydrogens (tertiary/aromatic N) is 1. The van der Waals surface area contributed by atoms with Crippen LogP contribution in [0.4, 0.5) is 0 Å². The van der Waals surface area contributed by atoms with Gasteiger partial charge in [0.05, 0.1) is 6.07 Å². The summed E-state index contributed by atoms with van der Waals surface area (Å²) >= 11 is 0. The number of nitriles is 1. The van der Waals surface area contributed by atoms with E-state index in [0.29, 0.717) is 11.8 Å². The van der Waals surface area contributed by atoms with Crippen molar-refractivity contribution >= 4 is 0 Å². The lowest BCUT2D eigenvalue weighted by atomic mass is 9.87. The number of rotatable bonds is 8. The molecule has 1 aliphatic carbocycles. The summed E-state index contributed by atoms with van der Waals surface area (Å²) in [6, 6.07) is 2.28. The van der Waals surface area contributed by atoms with Gasteiger partial charge in [-0.2, -0.15) is 5.26 Å². The molecule has 0 aromatic rings. The molecule has 0 bridgehead atoms. The largest absolute Gasteiger partial charge is 0.396 e. The second-order valence-electron chi connectivity index (χ2n) is 5.93. The van der Waals surface area contributed by atoms with Crippen molar-refractivity contribution in [2.45, 2.75) is 46.0 Å². The van der Waals surface area contributed by atoms with Crippen LogP contribution in [0, 0.1) is 22.2 Å². The highest BCUT2D eigenvalue weighted by molar-refractivity contribution is 5.00. The van der Waals surface area contributed by atoms with E-state index < -0.39 is 0 Å². The quantitative estimate of drug-likeness (QED) is 0.663. The van der Waals surface area contributed by atoms with Crippen molar-refractivity contribution in [1.29, 1.82) is 5.26 Å². The molecule has 0 aromatic carbocycles. The van der Waals surface area contributed by atoms with Crippen molar-refractivity contribution in [3.05, 3.63) is 0 Å². The van der Waals surface area contributed by atoms with Gasteiger partial charge < -0.3 is 10.4 Å². The monoisotopic (exact) mass is 224 g/mol. The van der Waals surface area contributed by atoms with Crippen LogP contribution >= 0.6 is 0 Å². The number of nitrogens with one attached hydrogen (secondary N) is 1. The van der Waals surface area contributed by atoms with Gasteiger partial charge in [-0.1, -0.05) is 13.8 Å². The highest BCUT2D eigenvalue weighted by Crippen LogP contribution is 2.47. The van der Waals surface area contributed by atoms with Gasteiger partial charge in [0.25, 0.3) is 0 Å². The summed E-state index contributed by atoms with van der Waals surface area (Å²) in [5.41, 5.74) is 0.535. The Balaban J connectivity index is 2.17. The number of hydrogen-bond acceptors (Lipinski definition) is 3. The summed E-state index contributed by atoms with van der Waals surface area (Å²) in [6.45, 7) is 6.67. The van der Waals surface area contributed by atoms with E-state index in [4.69, 9.17) is 10.4 Å². The lowest BCUT2D eigenvalue weighted by molar-refractivity contribution is 0.233. The van der Waals surface area contributed by atoms with Crippen LogP contribution in [-0.4, -0.2) is 24.8 Å². The molecule has 0 amide bonds. The molecule has 3 heteroatoms. The molecule has 0 saturated heterocycles. The molecule has 92 valence electrons. The van der Waals surface area contributed by atoms with Gasteiger partial charge in [-0.15, -0.1) is 0 Å². The fourth-order valence-electron chi connectivity index (χ4n) is 2.07. The average Bonchev–Trinajstić information content (AvgIpc) is 2.96. The molecule has 0 aliphatic heterocycles. The third-order valence-electron chi connectivity index (χ3n) is 3.53. The topological polar surface area (TPSA) is 56.0 Å². The van der Waals surface area contributed by atoms with E-state index in [-0.39, 0.29) is 12.0 Å². The lowest BCUT2D eigenvalue weighted by Gasteiger charge is -2.26. The van der Waals surface area contributed by atoms with Crippen molar-refractivity contribution in [2.24, 2.45) is 10.8 Å². The van der Waals surface area contributed by atoms with E-state index in [9.17, 15) is 0 Å². The predicted molar refractivity (Wildman–Crippen MR) is 64.9 cm³/mol. The molecule has 0 aromatic heterocycles. The lowest BCUT2D eigenvalue weighted by Crippen LogP contribution is -2.33. The normalized spacial score (nSPS) is 18.1. The van der Waals surface area contributed by atoms with Crippen molar-refractivity contribution in [3.8, 4) is 6.07 Å². The summed E-state index contributed by atoms with van der Waals surface area (Å²) in [5, 5.41) is 21.0. The Bertz CT molecular complexity index is 251. The summed E-state index contributed by atoms with van der Waals surface area (Å²) in [4.78, 5) is 0. The summed E-state index contributed by atoms with van der Waals surface area (Å²) in [7, 11) is 0. The Morgan fingerprint density at radius 2 is 2.12 bits per heavy atom. The number of aliphatic hydroxyl groups excluding tert-OH is 1. The Labute approximate surface area is 98.8 Å². The summed E-state index contributed by atoms with van der Waals surface area (Å²) < 4.78 is 0. The second-order valence-corrected chi connectivity index (χ2v) is 5.93. The van der Waals surface area contributed by atoms with E-state index in [1.165, 1.54) is 12.8 Å². The molecule has 16 heavy (non-hydrogen) atoms. The fraction of sp³-hybridized carbons (Fsp3) is 0.923. The third kappa shape index (κ3) is 4.51. The van der Waals surface area contributed by atoms with Gasteiger partial charge >= 0.3 is 0 Å². The third-order valence-corrected chi connectivity index (χ3v) is 3.53. The zero-order chi connectivity index (χ0) is 12.1. The van der Waals surface area contributed by atoms with Crippen molar-refractivity contribution < 1.29 is 5.11 Å². The fourth-order valence-corrected chi connectivity index (χ4v) is 2.07. The van der Waals surface area contributed by atoms with Gasteiger partial charge in [-0.25, -0.2) is 0 Å². The first-order chi connectivity index (χ1) is 7.54. The molecule has 1 fully saturated rings. The Morgan fingerprint density at radius 1 is 1.44 bits per heavy atom. The maximum atomic E-state index is 8.81. The zero-order valence-corrected chi connectivity index (χ0v) is 10.6. The van der Waals surface area contributed by atoms with Gasteiger partial charge in [0.15, 0.2) is 0 Å². The van der Waals surface area contributed by atoms with Crippen LogP contribution in [-0.2, 0) is 0 Å². The molecule has 0 heterocycles. The molecule has 0 unspecified atom stereocenters. The average molecular weight is 224 g/mol.